The van der Waals surface area contributed by atoms with Crippen molar-refractivity contribution in [3.63, 3.8) is 0 Å². The van der Waals surface area contributed by atoms with Gasteiger partial charge in [-0.2, -0.15) is 0 Å². The molecule has 0 heterocycles. The van der Waals surface area contributed by atoms with Gasteiger partial charge in [-0.05, 0) is 177 Å². The molecule has 0 aromatic heterocycles. The van der Waals surface area contributed by atoms with E-state index in [9.17, 15) is 0 Å². The maximum atomic E-state index is 16.3. The highest BCUT2D eigenvalue weighted by Gasteiger charge is 2.75. The third-order valence-corrected chi connectivity index (χ3v) is 23.8. The topological polar surface area (TPSA) is 132 Å². The highest BCUT2D eigenvalue weighted by molar-refractivity contribution is 6.54. The number of allylic oxidation sites excluding steroid dienone is 6. The Hall–Kier alpha value is -10.7. The van der Waals surface area contributed by atoms with Crippen molar-refractivity contribution in [2.75, 3.05) is 0 Å². The van der Waals surface area contributed by atoms with E-state index in [2.05, 4.69) is 42.5 Å². The number of benzene rings is 11. The molecule has 1 saturated carbocycles. The molecule has 95 heavy (non-hydrogen) atoms. The van der Waals surface area contributed by atoms with E-state index in [0.717, 1.165) is 148 Å². The summed E-state index contributed by atoms with van der Waals surface area (Å²) in [4.78, 5) is 79.1. The summed E-state index contributed by atoms with van der Waals surface area (Å²) < 4.78 is 32.7. The van der Waals surface area contributed by atoms with Crippen molar-refractivity contribution < 1.29 is 47.7 Å². The average molecular weight is 1240 g/mol. The minimum absolute atomic E-state index is 0.00472. The summed E-state index contributed by atoms with van der Waals surface area (Å²) >= 11 is 0. The molecule has 13 aromatic rings. The SMILES string of the molecule is O=C(CC1C=C2c3ccc4c5ccc6c7ccc8c9c%10c%11c%12c%13c%14c(c3c4c%13c5c6c%12c97)C2(CC(=O)OCc2ccccc2)C2=C1C1C(=C2[C@@]%14%11CC(=O)OCc2ccccc2)C%10(CC(=O)OCc2ccccc2)C8CC1CC(=O)OCc1ccccc1)OCc1ccccc1. The molecule has 10 heteroatoms. The zero-order chi connectivity index (χ0) is 63.0. The molecule has 0 spiro atoms. The molecule has 0 radical (unpaired) electrons. The Balaban J connectivity index is 0.897. The first-order chi connectivity index (χ1) is 46.7. The third-order valence-electron chi connectivity index (χ3n) is 23.8. The van der Waals surface area contributed by atoms with Crippen LogP contribution in [0.2, 0.25) is 0 Å². The zero-order valence-electron chi connectivity index (χ0n) is 51.6. The van der Waals surface area contributed by atoms with Crippen LogP contribution in [0.5, 0.6) is 0 Å². The van der Waals surface area contributed by atoms with Gasteiger partial charge in [-0.15, -0.1) is 0 Å². The van der Waals surface area contributed by atoms with E-state index in [1.54, 1.807) is 0 Å². The summed E-state index contributed by atoms with van der Waals surface area (Å²) in [5.41, 5.74) is 11.5. The lowest BCUT2D eigenvalue weighted by Crippen LogP contribution is -2.53. The van der Waals surface area contributed by atoms with E-state index in [0.29, 0.717) is 6.42 Å². The summed E-state index contributed by atoms with van der Waals surface area (Å²) in [6.07, 6.45) is 2.44. The van der Waals surface area contributed by atoms with E-state index in [1.807, 2.05) is 152 Å². The van der Waals surface area contributed by atoms with Crippen molar-refractivity contribution in [3.05, 3.63) is 278 Å². The van der Waals surface area contributed by atoms with Crippen LogP contribution in [-0.2, 0) is 96.9 Å². The number of hydrogen-bond acceptors (Lipinski definition) is 10. The number of carbonyl (C=O) groups is 5. The first-order valence-corrected chi connectivity index (χ1v) is 33.4. The van der Waals surface area contributed by atoms with Crippen LogP contribution in [0.25, 0.3) is 81.0 Å². The Bertz CT molecular complexity index is 5670. The molecule has 6 unspecified atom stereocenters. The van der Waals surface area contributed by atoms with Crippen LogP contribution in [0, 0.1) is 17.8 Å². The predicted molar refractivity (Wildman–Crippen MR) is 362 cm³/mol. The molecule has 13 aromatic carbocycles. The fourth-order valence-electron chi connectivity index (χ4n) is 20.9. The lowest BCUT2D eigenvalue weighted by atomic mass is 9.45. The number of ether oxygens (including phenoxy) is 5. The van der Waals surface area contributed by atoms with Gasteiger partial charge in [0.1, 0.15) is 33.0 Å². The molecule has 1 fully saturated rings. The minimum Gasteiger partial charge on any atom is -0.461 e. The van der Waals surface area contributed by atoms with Gasteiger partial charge in [-0.25, -0.2) is 0 Å². The smallest absolute Gasteiger partial charge is 0.307 e. The van der Waals surface area contributed by atoms with Gasteiger partial charge in [0.2, 0.25) is 0 Å². The molecule has 0 N–H and O–H groups in total. The van der Waals surface area contributed by atoms with Gasteiger partial charge in [-0.3, -0.25) is 24.0 Å². The third kappa shape index (κ3) is 6.72. The summed E-state index contributed by atoms with van der Waals surface area (Å²) in [6, 6.07) is 62.6. The fraction of sp³-hybridized carbons (Fsp3) is 0.212. The second kappa shape index (κ2) is 19.0. The van der Waals surface area contributed by atoms with Crippen molar-refractivity contribution in [2.24, 2.45) is 17.8 Å². The van der Waals surface area contributed by atoms with Crippen LogP contribution in [-0.4, -0.2) is 29.8 Å². The van der Waals surface area contributed by atoms with Crippen LogP contribution < -0.4 is 0 Å². The average Bonchev–Trinajstić information content (AvgIpc) is 1.42. The van der Waals surface area contributed by atoms with Crippen molar-refractivity contribution >= 4 is 111 Å². The van der Waals surface area contributed by atoms with Crippen LogP contribution in [0.4, 0.5) is 0 Å². The monoisotopic (exact) mass is 1240 g/mol. The van der Waals surface area contributed by atoms with Crippen molar-refractivity contribution in [3.8, 4) is 0 Å². The van der Waals surface area contributed by atoms with Gasteiger partial charge in [0.25, 0.3) is 0 Å². The number of carbonyl (C=O) groups excluding carboxylic acids is 5. The standard InChI is InChI=1S/C85H58O10/c86-59(91-39-44-16-6-1-7-17-44)34-49-32-57-55-30-28-53-51-26-27-52-54-29-31-56-58-33-50(35-60(87)92-40-45-18-8-2-9-19-45)65-64(49)76-82-77(65)84(58,37-62(89)94-42-47-22-12-4-13-23-47)79-71(56)69(54)73-67(52)66(51)72-68(53)70(55)78(83(57,76)36-61(88)93-41-46-20-10-3-11-21-46)80-74(72)75(73)81(79)85(80,82)38-63(90)95-43-48-24-14-5-15-25-48/h1-32,49-50,58,65H,33-43H2/t49?,50?,58?,65?,83?,84?,85-/m0/s1. The molecule has 7 atom stereocenters. The van der Waals surface area contributed by atoms with E-state index in [4.69, 9.17) is 23.7 Å². The van der Waals surface area contributed by atoms with Gasteiger partial charge in [0.15, 0.2) is 0 Å². The van der Waals surface area contributed by atoms with E-state index in [-0.39, 0.29) is 89.0 Å². The maximum absolute atomic E-state index is 16.3. The Morgan fingerprint density at radius 3 is 1.29 bits per heavy atom. The van der Waals surface area contributed by atoms with Crippen LogP contribution in [0.3, 0.4) is 0 Å². The Morgan fingerprint density at radius 2 is 0.779 bits per heavy atom. The van der Waals surface area contributed by atoms with E-state index in [1.165, 1.54) is 16.2 Å². The largest absolute Gasteiger partial charge is 0.461 e. The van der Waals surface area contributed by atoms with Crippen molar-refractivity contribution in [1.29, 1.82) is 0 Å². The number of rotatable bonds is 20. The molecular formula is C85H58O10. The second-order valence-corrected chi connectivity index (χ2v) is 28.1. The van der Waals surface area contributed by atoms with Gasteiger partial charge in [0, 0.05) is 23.7 Å². The predicted octanol–water partition coefficient (Wildman–Crippen LogP) is 16.6. The first-order valence-electron chi connectivity index (χ1n) is 33.4. The summed E-state index contributed by atoms with van der Waals surface area (Å²) in [5.74, 6) is -4.06. The molecule has 10 nitrogen and oxygen atoms in total. The lowest BCUT2D eigenvalue weighted by molar-refractivity contribution is -0.149. The van der Waals surface area contributed by atoms with Crippen LogP contribution in [0.1, 0.15) is 106 Å². The normalized spacial score (nSPS) is 23.0. The highest BCUT2D eigenvalue weighted by atomic mass is 16.5. The summed E-state index contributed by atoms with van der Waals surface area (Å²) in [7, 11) is 0. The van der Waals surface area contributed by atoms with Gasteiger partial charge in [-0.1, -0.05) is 200 Å². The molecule has 0 saturated heterocycles. The van der Waals surface area contributed by atoms with Crippen molar-refractivity contribution in [1.82, 2.24) is 0 Å². The summed E-state index contributed by atoms with van der Waals surface area (Å²) in [5, 5.41) is 15.9. The first kappa shape index (κ1) is 53.8. The molecule has 8 aliphatic rings. The molecular weight excluding hydrogens is 1180 g/mol. The molecule has 458 valence electrons. The van der Waals surface area contributed by atoms with Gasteiger partial charge < -0.3 is 23.7 Å². The zero-order valence-corrected chi connectivity index (χ0v) is 51.6. The Morgan fingerprint density at radius 1 is 0.368 bits per heavy atom. The molecule has 21 rings (SSSR count). The molecule has 0 aliphatic heterocycles. The quantitative estimate of drug-likeness (QED) is 0.0413. The van der Waals surface area contributed by atoms with Crippen LogP contribution in [0.15, 0.2) is 216 Å². The number of esters is 5. The summed E-state index contributed by atoms with van der Waals surface area (Å²) in [6.45, 7) is 0.296. The van der Waals surface area contributed by atoms with Crippen molar-refractivity contribution in [2.45, 2.75) is 93.7 Å². The molecule has 8 aliphatic carbocycles. The van der Waals surface area contributed by atoms with E-state index < -0.39 is 45.9 Å². The highest BCUT2D eigenvalue weighted by Crippen LogP contribution is 2.84. The lowest BCUT2D eigenvalue weighted by Gasteiger charge is -2.56. The number of fused-ring (bicyclic) bond motifs is 5. The minimum atomic E-state index is -1.28. The fourth-order valence-corrected chi connectivity index (χ4v) is 20.9. The van der Waals surface area contributed by atoms with Gasteiger partial charge in [0.05, 0.1) is 36.5 Å². The maximum Gasteiger partial charge on any atom is 0.307 e. The van der Waals surface area contributed by atoms with E-state index >= 15 is 24.0 Å². The Labute approximate surface area is 544 Å². The molecule has 0 amide bonds. The number of hydrogen-bond donors (Lipinski definition) is 0. The van der Waals surface area contributed by atoms with Gasteiger partial charge >= 0.3 is 29.8 Å². The second-order valence-electron chi connectivity index (χ2n) is 28.1. The van der Waals surface area contributed by atoms with Crippen LogP contribution >= 0.6 is 0 Å². The molecule has 0 bridgehead atoms. The Kier molecular flexibility index (Phi) is 10.8.